The van der Waals surface area contributed by atoms with Gasteiger partial charge in [0, 0.05) is 38.2 Å². The number of amides is 3. The van der Waals surface area contributed by atoms with Gasteiger partial charge in [0.1, 0.15) is 18.1 Å². The molecule has 4 rings (SSSR count). The first-order valence-electron chi connectivity index (χ1n) is 12.5. The quantitative estimate of drug-likeness (QED) is 0.503. The Bertz CT molecular complexity index is 1110. The first-order chi connectivity index (χ1) is 16.8. The third kappa shape index (κ3) is 5.72. The molecule has 2 aliphatic heterocycles. The lowest BCUT2D eigenvalue weighted by Gasteiger charge is -2.35. The molecule has 3 heterocycles. The van der Waals surface area contributed by atoms with Gasteiger partial charge in [0.2, 0.25) is 17.7 Å². The molecule has 0 bridgehead atoms. The topological polar surface area (TPSA) is 155 Å². The Kier molecular flexibility index (Phi) is 7.17. The molecule has 3 fully saturated rings. The Morgan fingerprint density at radius 2 is 1.78 bits per heavy atom. The van der Waals surface area contributed by atoms with Crippen LogP contribution in [0.2, 0.25) is 0 Å². The molecule has 13 heteroatoms. The number of sulfone groups is 1. The van der Waals surface area contributed by atoms with E-state index in [1.165, 1.54) is 16.7 Å². The third-order valence-electron chi connectivity index (χ3n) is 7.09. The predicted octanol–water partition coefficient (Wildman–Crippen LogP) is -0.534. The van der Waals surface area contributed by atoms with Gasteiger partial charge < -0.3 is 20.2 Å². The largest absolute Gasteiger partial charge is 0.391 e. The summed E-state index contributed by atoms with van der Waals surface area (Å²) >= 11 is 0. The van der Waals surface area contributed by atoms with Crippen LogP contribution in [0.5, 0.6) is 0 Å². The Balaban J connectivity index is 1.46. The minimum absolute atomic E-state index is 0.00000876. The van der Waals surface area contributed by atoms with Crippen molar-refractivity contribution < 1.29 is 27.9 Å². The number of rotatable bonds is 6. The second-order valence-electron chi connectivity index (χ2n) is 11.3. The summed E-state index contributed by atoms with van der Waals surface area (Å²) in [5.74, 6) is -1.08. The maximum atomic E-state index is 13.8. The van der Waals surface area contributed by atoms with Crippen LogP contribution in [-0.4, -0.2) is 105 Å². The Morgan fingerprint density at radius 3 is 2.36 bits per heavy atom. The summed E-state index contributed by atoms with van der Waals surface area (Å²) in [6, 6.07) is -2.57. The summed E-state index contributed by atoms with van der Waals surface area (Å²) in [6.07, 6.45) is 3.09. The van der Waals surface area contributed by atoms with E-state index in [1.54, 1.807) is 10.9 Å². The number of β-amino-alcohol motifs (C(OH)–C–C–N with tert-alkyl or cyclic N) is 1. The molecule has 2 N–H and O–H groups in total. The number of aromatic nitrogens is 3. The van der Waals surface area contributed by atoms with Crippen molar-refractivity contribution in [2.45, 2.75) is 77.1 Å². The van der Waals surface area contributed by atoms with Crippen LogP contribution >= 0.6 is 0 Å². The number of hydrogen-bond donors (Lipinski definition) is 2. The van der Waals surface area contributed by atoms with Crippen molar-refractivity contribution in [3.8, 4) is 0 Å². The SMILES string of the molecule is CC(NC(=O)C1CC(O)CN1C(=O)[C@@H](n1cc(C2CC2)nn1)C(C)(C)C)C(=O)N1CCS(=O)(=O)CC1. The predicted molar refractivity (Wildman–Crippen MR) is 129 cm³/mol. The van der Waals surface area contributed by atoms with Crippen LogP contribution in [0.25, 0.3) is 0 Å². The highest BCUT2D eigenvalue weighted by Crippen LogP contribution is 2.40. The lowest BCUT2D eigenvalue weighted by Crippen LogP contribution is -2.55. The van der Waals surface area contributed by atoms with Crippen LogP contribution in [0, 0.1) is 5.41 Å². The van der Waals surface area contributed by atoms with Gasteiger partial charge in [-0.15, -0.1) is 5.10 Å². The zero-order chi connectivity index (χ0) is 26.4. The summed E-state index contributed by atoms with van der Waals surface area (Å²) < 4.78 is 24.9. The molecule has 3 unspecified atom stereocenters. The van der Waals surface area contributed by atoms with Crippen LogP contribution in [0.1, 0.15) is 64.6 Å². The normalized spacial score (nSPS) is 25.9. The van der Waals surface area contributed by atoms with Crippen molar-refractivity contribution in [1.82, 2.24) is 30.1 Å². The second-order valence-corrected chi connectivity index (χ2v) is 13.6. The zero-order valence-electron chi connectivity index (χ0n) is 21.3. The van der Waals surface area contributed by atoms with E-state index in [4.69, 9.17) is 0 Å². The van der Waals surface area contributed by atoms with Gasteiger partial charge in [-0.3, -0.25) is 14.4 Å². The fraction of sp³-hybridized carbons (Fsp3) is 0.783. The number of carbonyl (C=O) groups excluding carboxylic acids is 3. The maximum Gasteiger partial charge on any atom is 0.248 e. The standard InChI is InChI=1S/C23H36N6O6S/c1-14(21(32)27-7-9-36(34,35)10-8-27)24-20(31)18-11-16(30)12-28(18)22(33)19(23(2,3)4)29-13-17(25-26-29)15-5-6-15/h13-16,18-19,30H,5-12H2,1-4H3,(H,24,31)/t14?,16?,18?,19-/m1/s1. The molecule has 3 amide bonds. The molecule has 12 nitrogen and oxygen atoms in total. The highest BCUT2D eigenvalue weighted by Gasteiger charge is 2.46. The van der Waals surface area contributed by atoms with E-state index in [1.807, 2.05) is 20.8 Å². The summed E-state index contributed by atoms with van der Waals surface area (Å²) in [7, 11) is -3.14. The highest BCUT2D eigenvalue weighted by molar-refractivity contribution is 7.91. The lowest BCUT2D eigenvalue weighted by molar-refractivity contribution is -0.145. The number of hydrogen-bond acceptors (Lipinski definition) is 8. The molecular formula is C23H36N6O6S. The third-order valence-corrected chi connectivity index (χ3v) is 8.70. The van der Waals surface area contributed by atoms with Crippen LogP contribution < -0.4 is 5.32 Å². The summed E-state index contributed by atoms with van der Waals surface area (Å²) in [4.78, 5) is 42.6. The fourth-order valence-electron chi connectivity index (χ4n) is 4.90. The number of carbonyl (C=O) groups is 3. The highest BCUT2D eigenvalue weighted by atomic mass is 32.2. The minimum atomic E-state index is -3.14. The molecule has 0 radical (unpaired) electrons. The molecule has 1 saturated carbocycles. The van der Waals surface area contributed by atoms with E-state index in [9.17, 15) is 27.9 Å². The molecule has 1 aromatic rings. The molecule has 200 valence electrons. The Labute approximate surface area is 211 Å². The fourth-order valence-corrected chi connectivity index (χ4v) is 6.11. The van der Waals surface area contributed by atoms with Gasteiger partial charge in [-0.25, -0.2) is 13.1 Å². The molecule has 4 atom stereocenters. The van der Waals surface area contributed by atoms with Crippen molar-refractivity contribution in [2.75, 3.05) is 31.1 Å². The van der Waals surface area contributed by atoms with Gasteiger partial charge >= 0.3 is 0 Å². The van der Waals surface area contributed by atoms with Gasteiger partial charge in [0.25, 0.3) is 0 Å². The molecule has 0 spiro atoms. The Morgan fingerprint density at radius 1 is 1.14 bits per heavy atom. The molecule has 3 aliphatic rings. The van der Waals surface area contributed by atoms with Crippen molar-refractivity contribution in [1.29, 1.82) is 0 Å². The van der Waals surface area contributed by atoms with Gasteiger partial charge in [-0.2, -0.15) is 0 Å². The van der Waals surface area contributed by atoms with Crippen LogP contribution in [0.3, 0.4) is 0 Å². The minimum Gasteiger partial charge on any atom is -0.391 e. The summed E-state index contributed by atoms with van der Waals surface area (Å²) in [6.45, 7) is 7.44. The molecule has 1 aromatic heterocycles. The molecule has 36 heavy (non-hydrogen) atoms. The van der Waals surface area contributed by atoms with Crippen LogP contribution in [0.4, 0.5) is 0 Å². The first-order valence-corrected chi connectivity index (χ1v) is 14.3. The maximum absolute atomic E-state index is 13.8. The summed E-state index contributed by atoms with van der Waals surface area (Å²) in [5.41, 5.74) is 0.309. The van der Waals surface area contributed by atoms with E-state index >= 15 is 0 Å². The van der Waals surface area contributed by atoms with Gasteiger partial charge in [0.15, 0.2) is 9.84 Å². The zero-order valence-corrected chi connectivity index (χ0v) is 22.1. The molecular weight excluding hydrogens is 488 g/mol. The van der Waals surface area contributed by atoms with Gasteiger partial charge in [0.05, 0.1) is 23.3 Å². The van der Waals surface area contributed by atoms with Crippen molar-refractivity contribution >= 4 is 27.6 Å². The number of aliphatic hydroxyl groups is 1. The van der Waals surface area contributed by atoms with E-state index in [2.05, 4.69) is 15.6 Å². The smallest absolute Gasteiger partial charge is 0.248 e. The average Bonchev–Trinajstić information content (AvgIpc) is 3.39. The van der Waals surface area contributed by atoms with E-state index in [-0.39, 0.29) is 49.4 Å². The first kappa shape index (κ1) is 26.5. The number of likely N-dealkylation sites (tertiary alicyclic amines) is 1. The van der Waals surface area contributed by atoms with Gasteiger partial charge in [-0.05, 0) is 25.2 Å². The van der Waals surface area contributed by atoms with E-state index in [0.717, 1.165) is 18.5 Å². The van der Waals surface area contributed by atoms with Crippen molar-refractivity contribution in [2.24, 2.45) is 5.41 Å². The second kappa shape index (κ2) is 9.73. The van der Waals surface area contributed by atoms with E-state index < -0.39 is 45.4 Å². The summed E-state index contributed by atoms with van der Waals surface area (Å²) in [5, 5.41) is 21.5. The lowest BCUT2D eigenvalue weighted by atomic mass is 9.85. The average molecular weight is 525 g/mol. The number of nitrogens with zero attached hydrogens (tertiary/aromatic N) is 5. The van der Waals surface area contributed by atoms with Gasteiger partial charge in [-0.1, -0.05) is 26.0 Å². The van der Waals surface area contributed by atoms with Crippen LogP contribution in [-0.2, 0) is 24.2 Å². The monoisotopic (exact) mass is 524 g/mol. The molecule has 2 saturated heterocycles. The van der Waals surface area contributed by atoms with Crippen molar-refractivity contribution in [3.05, 3.63) is 11.9 Å². The Hall–Kier alpha value is -2.54. The van der Waals surface area contributed by atoms with Crippen LogP contribution in [0.15, 0.2) is 6.20 Å². The van der Waals surface area contributed by atoms with E-state index in [0.29, 0.717) is 5.92 Å². The molecule has 1 aliphatic carbocycles. The van der Waals surface area contributed by atoms with Crippen molar-refractivity contribution in [3.63, 3.8) is 0 Å². The number of nitrogens with one attached hydrogen (secondary N) is 1. The molecule has 0 aromatic carbocycles. The number of aliphatic hydroxyl groups excluding tert-OH is 1.